The summed E-state index contributed by atoms with van der Waals surface area (Å²) in [6, 6.07) is 13.7. The van der Waals surface area contributed by atoms with Crippen molar-refractivity contribution in [2.24, 2.45) is 5.41 Å². The molecule has 2 aromatic rings. The van der Waals surface area contributed by atoms with E-state index < -0.39 is 11.4 Å². The molecule has 0 radical (unpaired) electrons. The highest BCUT2D eigenvalue weighted by Crippen LogP contribution is 2.48. The third kappa shape index (κ3) is 2.41. The number of ether oxygens (including phenoxy) is 1. The normalized spacial score (nSPS) is 17.0. The second kappa shape index (κ2) is 5.43. The Hall–Kier alpha value is -1.81. The maximum atomic E-state index is 11.9. The fourth-order valence-corrected chi connectivity index (χ4v) is 3.43. The second-order valence-corrected chi connectivity index (χ2v) is 7.05. The SMILES string of the molecule is CC(C)(C(=O)O)C1c2ccccc2COc2ccc(Br)cc21. The number of fused-ring (bicyclic) bond motifs is 2. The van der Waals surface area contributed by atoms with E-state index in [0.29, 0.717) is 6.61 Å². The van der Waals surface area contributed by atoms with E-state index in [1.807, 2.05) is 42.5 Å². The fourth-order valence-electron chi connectivity index (χ4n) is 3.05. The van der Waals surface area contributed by atoms with Gasteiger partial charge in [-0.15, -0.1) is 0 Å². The van der Waals surface area contributed by atoms with Crippen LogP contribution in [0.2, 0.25) is 0 Å². The highest BCUT2D eigenvalue weighted by molar-refractivity contribution is 9.10. The summed E-state index contributed by atoms with van der Waals surface area (Å²) in [6.45, 7) is 4.00. The van der Waals surface area contributed by atoms with Gasteiger partial charge in [-0.1, -0.05) is 40.2 Å². The van der Waals surface area contributed by atoms with E-state index in [4.69, 9.17) is 4.74 Å². The predicted octanol–water partition coefficient (Wildman–Crippen LogP) is 4.58. The molecule has 0 aromatic heterocycles. The summed E-state index contributed by atoms with van der Waals surface area (Å²) < 4.78 is 6.84. The summed E-state index contributed by atoms with van der Waals surface area (Å²) in [7, 11) is 0. The molecule has 1 heterocycles. The molecule has 114 valence electrons. The fraction of sp³-hybridized carbons (Fsp3) is 0.278. The molecular formula is C18H17BrO3. The average Bonchev–Trinajstić information content (AvgIpc) is 2.63. The molecule has 1 N–H and O–H groups in total. The Balaban J connectivity index is 2.30. The van der Waals surface area contributed by atoms with Crippen LogP contribution in [0.4, 0.5) is 0 Å². The first-order valence-corrected chi connectivity index (χ1v) is 7.94. The van der Waals surface area contributed by atoms with Gasteiger partial charge in [0.1, 0.15) is 12.4 Å². The molecule has 2 aromatic carbocycles. The molecule has 1 aliphatic heterocycles. The minimum absolute atomic E-state index is 0.267. The van der Waals surface area contributed by atoms with Crippen molar-refractivity contribution >= 4 is 21.9 Å². The van der Waals surface area contributed by atoms with Crippen LogP contribution in [0.1, 0.15) is 36.5 Å². The molecule has 1 unspecified atom stereocenters. The number of benzene rings is 2. The van der Waals surface area contributed by atoms with Crippen LogP contribution in [0.25, 0.3) is 0 Å². The van der Waals surface area contributed by atoms with E-state index in [2.05, 4.69) is 15.9 Å². The Morgan fingerprint density at radius 2 is 1.95 bits per heavy atom. The Morgan fingerprint density at radius 1 is 1.23 bits per heavy atom. The number of hydrogen-bond acceptors (Lipinski definition) is 2. The van der Waals surface area contributed by atoms with E-state index >= 15 is 0 Å². The smallest absolute Gasteiger partial charge is 0.310 e. The lowest BCUT2D eigenvalue weighted by Gasteiger charge is -2.31. The standard InChI is InChI=1S/C18H17BrO3/c1-18(2,17(20)21)16-13-6-4-3-5-11(13)10-22-15-8-7-12(19)9-14(15)16/h3-9,16H,10H2,1-2H3,(H,20,21). The molecule has 0 saturated carbocycles. The molecule has 0 saturated heterocycles. The van der Waals surface area contributed by atoms with E-state index in [1.54, 1.807) is 13.8 Å². The average molecular weight is 361 g/mol. The number of aliphatic carboxylic acids is 1. The van der Waals surface area contributed by atoms with E-state index in [0.717, 1.165) is 26.9 Å². The summed E-state index contributed by atoms with van der Waals surface area (Å²) in [5, 5.41) is 9.75. The monoisotopic (exact) mass is 360 g/mol. The minimum atomic E-state index is -0.945. The third-order valence-electron chi connectivity index (χ3n) is 4.31. The zero-order chi connectivity index (χ0) is 15.9. The maximum Gasteiger partial charge on any atom is 0.310 e. The largest absolute Gasteiger partial charge is 0.489 e. The molecule has 3 nitrogen and oxygen atoms in total. The van der Waals surface area contributed by atoms with E-state index in [1.165, 1.54) is 0 Å². The summed E-state index contributed by atoms with van der Waals surface area (Å²) in [5.74, 6) is -0.338. The molecule has 1 aliphatic rings. The lowest BCUT2D eigenvalue weighted by atomic mass is 9.70. The molecule has 0 amide bonds. The van der Waals surface area contributed by atoms with Crippen LogP contribution in [-0.4, -0.2) is 11.1 Å². The van der Waals surface area contributed by atoms with Crippen LogP contribution < -0.4 is 4.74 Å². The molecule has 22 heavy (non-hydrogen) atoms. The Kier molecular flexibility index (Phi) is 3.73. The van der Waals surface area contributed by atoms with Crippen molar-refractivity contribution in [3.63, 3.8) is 0 Å². The number of halogens is 1. The number of rotatable bonds is 2. The van der Waals surface area contributed by atoms with Crippen molar-refractivity contribution in [1.82, 2.24) is 0 Å². The molecule has 0 fully saturated rings. The van der Waals surface area contributed by atoms with Crippen LogP contribution >= 0.6 is 15.9 Å². The van der Waals surface area contributed by atoms with E-state index in [9.17, 15) is 9.90 Å². The summed E-state index contributed by atoms with van der Waals surface area (Å²) in [5.41, 5.74) is 2.02. The third-order valence-corrected chi connectivity index (χ3v) is 4.80. The van der Waals surface area contributed by atoms with Gasteiger partial charge in [-0.3, -0.25) is 4.79 Å². The number of carboxylic acids is 1. The highest BCUT2D eigenvalue weighted by atomic mass is 79.9. The van der Waals surface area contributed by atoms with Crippen molar-refractivity contribution in [1.29, 1.82) is 0 Å². The lowest BCUT2D eigenvalue weighted by Crippen LogP contribution is -2.32. The van der Waals surface area contributed by atoms with Crippen LogP contribution in [0.3, 0.4) is 0 Å². The van der Waals surface area contributed by atoms with E-state index in [-0.39, 0.29) is 5.92 Å². The number of hydrogen-bond donors (Lipinski definition) is 1. The predicted molar refractivity (Wildman–Crippen MR) is 88.2 cm³/mol. The zero-order valence-corrected chi connectivity index (χ0v) is 14.1. The van der Waals surface area contributed by atoms with Crippen LogP contribution in [0, 0.1) is 5.41 Å². The van der Waals surface area contributed by atoms with Gasteiger partial charge in [-0.25, -0.2) is 0 Å². The summed E-state index contributed by atoms with van der Waals surface area (Å²) >= 11 is 3.48. The molecular weight excluding hydrogens is 344 g/mol. The molecule has 0 bridgehead atoms. The maximum absolute atomic E-state index is 11.9. The van der Waals surface area contributed by atoms with Crippen molar-refractivity contribution in [3.8, 4) is 5.75 Å². The first-order valence-electron chi connectivity index (χ1n) is 7.14. The summed E-state index contributed by atoms with van der Waals surface area (Å²) in [4.78, 5) is 11.9. The van der Waals surface area contributed by atoms with Gasteiger partial charge in [0, 0.05) is 16.0 Å². The van der Waals surface area contributed by atoms with Crippen molar-refractivity contribution in [3.05, 3.63) is 63.6 Å². The molecule has 4 heteroatoms. The molecule has 1 atom stereocenters. The van der Waals surface area contributed by atoms with Crippen LogP contribution in [-0.2, 0) is 11.4 Å². The van der Waals surface area contributed by atoms with Gasteiger partial charge in [-0.2, -0.15) is 0 Å². The Bertz CT molecular complexity index is 737. The van der Waals surface area contributed by atoms with Crippen molar-refractivity contribution in [2.45, 2.75) is 26.4 Å². The molecule has 0 aliphatic carbocycles. The lowest BCUT2D eigenvalue weighted by molar-refractivity contribution is -0.147. The first-order chi connectivity index (χ1) is 10.4. The number of carbonyl (C=O) groups is 1. The summed E-state index contributed by atoms with van der Waals surface area (Å²) in [6.07, 6.45) is 0. The second-order valence-electron chi connectivity index (χ2n) is 6.13. The van der Waals surface area contributed by atoms with Gasteiger partial charge in [0.2, 0.25) is 0 Å². The molecule has 3 rings (SSSR count). The number of carboxylic acid groups (broad SMARTS) is 1. The quantitative estimate of drug-likeness (QED) is 0.852. The highest BCUT2D eigenvalue weighted by Gasteiger charge is 2.42. The van der Waals surface area contributed by atoms with Gasteiger partial charge in [-0.05, 0) is 43.2 Å². The van der Waals surface area contributed by atoms with Crippen molar-refractivity contribution in [2.75, 3.05) is 0 Å². The van der Waals surface area contributed by atoms with Gasteiger partial charge in [0.15, 0.2) is 0 Å². The van der Waals surface area contributed by atoms with Crippen LogP contribution in [0.5, 0.6) is 5.75 Å². The molecule has 0 spiro atoms. The zero-order valence-electron chi connectivity index (χ0n) is 12.5. The Labute approximate surface area is 138 Å². The Morgan fingerprint density at radius 3 is 2.68 bits per heavy atom. The van der Waals surface area contributed by atoms with Crippen LogP contribution in [0.15, 0.2) is 46.9 Å². The van der Waals surface area contributed by atoms with Gasteiger partial charge >= 0.3 is 5.97 Å². The first kappa shape index (κ1) is 15.1. The van der Waals surface area contributed by atoms with Gasteiger partial charge < -0.3 is 9.84 Å². The van der Waals surface area contributed by atoms with Gasteiger partial charge in [0.25, 0.3) is 0 Å². The van der Waals surface area contributed by atoms with Crippen molar-refractivity contribution < 1.29 is 14.6 Å². The topological polar surface area (TPSA) is 46.5 Å². The minimum Gasteiger partial charge on any atom is -0.489 e. The van der Waals surface area contributed by atoms with Gasteiger partial charge in [0.05, 0.1) is 5.41 Å².